The minimum Gasteiger partial charge on any atom is -0.335 e. The van der Waals surface area contributed by atoms with Crippen molar-refractivity contribution in [2.24, 2.45) is 5.92 Å². The lowest BCUT2D eigenvalue weighted by Crippen LogP contribution is -2.49. The van der Waals surface area contributed by atoms with E-state index in [2.05, 4.69) is 48.3 Å². The van der Waals surface area contributed by atoms with Crippen molar-refractivity contribution in [3.8, 4) is 0 Å². The van der Waals surface area contributed by atoms with Gasteiger partial charge < -0.3 is 15.1 Å². The van der Waals surface area contributed by atoms with Gasteiger partial charge in [-0.15, -0.1) is 0 Å². The summed E-state index contributed by atoms with van der Waals surface area (Å²) < 4.78 is 0. The minimum atomic E-state index is 0.0870. The van der Waals surface area contributed by atoms with Gasteiger partial charge in [-0.05, 0) is 49.1 Å². The molecule has 2 aliphatic rings. The number of hydrogen-bond donors (Lipinski definition) is 1. The van der Waals surface area contributed by atoms with E-state index >= 15 is 0 Å². The van der Waals surface area contributed by atoms with Gasteiger partial charge in [0, 0.05) is 32.7 Å². The Balaban J connectivity index is 1.54. The first-order chi connectivity index (χ1) is 12.0. The Morgan fingerprint density at radius 2 is 1.96 bits per heavy atom. The van der Waals surface area contributed by atoms with Crippen molar-refractivity contribution in [2.75, 3.05) is 26.7 Å². The zero-order valence-electron chi connectivity index (χ0n) is 16.0. The van der Waals surface area contributed by atoms with Gasteiger partial charge in [0.05, 0.1) is 6.04 Å². The Labute approximate surface area is 152 Å². The van der Waals surface area contributed by atoms with E-state index in [-0.39, 0.29) is 12.1 Å². The topological polar surface area (TPSA) is 35.6 Å². The van der Waals surface area contributed by atoms with Crippen LogP contribution in [0.25, 0.3) is 0 Å². The molecule has 0 radical (unpaired) electrons. The number of benzene rings is 1. The highest BCUT2D eigenvalue weighted by atomic mass is 16.2. The molecule has 1 saturated heterocycles. The van der Waals surface area contributed by atoms with Crippen LogP contribution in [0.4, 0.5) is 4.79 Å². The maximum absolute atomic E-state index is 12.8. The third-order valence-electron chi connectivity index (χ3n) is 5.66. The fourth-order valence-electron chi connectivity index (χ4n) is 4.32. The highest BCUT2D eigenvalue weighted by Gasteiger charge is 2.28. The SMILES string of the molecule is CC(C)CN1CCC(NC(=O)N(C)C2CCCc3ccccc32)CC1. The van der Waals surface area contributed by atoms with E-state index in [4.69, 9.17) is 0 Å². The van der Waals surface area contributed by atoms with E-state index in [0.717, 1.165) is 45.2 Å². The molecule has 3 rings (SSSR count). The van der Waals surface area contributed by atoms with Gasteiger partial charge in [0.1, 0.15) is 0 Å². The van der Waals surface area contributed by atoms with Gasteiger partial charge in [0.25, 0.3) is 0 Å². The number of aryl methyl sites for hydroxylation is 1. The Bertz CT molecular complexity index is 578. The summed E-state index contributed by atoms with van der Waals surface area (Å²) >= 11 is 0. The molecule has 138 valence electrons. The maximum Gasteiger partial charge on any atom is 0.317 e. The summed E-state index contributed by atoms with van der Waals surface area (Å²) in [6.45, 7) is 7.90. The molecule has 1 aromatic carbocycles. The summed E-state index contributed by atoms with van der Waals surface area (Å²) in [5.41, 5.74) is 2.73. The maximum atomic E-state index is 12.8. The van der Waals surface area contributed by atoms with E-state index in [0.29, 0.717) is 12.0 Å². The molecule has 0 bridgehead atoms. The molecular formula is C21H33N3O. The molecule has 1 aromatic rings. The van der Waals surface area contributed by atoms with Gasteiger partial charge in [-0.3, -0.25) is 0 Å². The summed E-state index contributed by atoms with van der Waals surface area (Å²) in [6.07, 6.45) is 5.48. The quantitative estimate of drug-likeness (QED) is 0.902. The standard InChI is InChI=1S/C21H33N3O/c1-16(2)15-24-13-11-18(12-14-24)22-21(25)23(3)20-10-6-8-17-7-4-5-9-19(17)20/h4-5,7,9,16,18,20H,6,8,10-15H2,1-3H3,(H,22,25). The van der Waals surface area contributed by atoms with Crippen molar-refractivity contribution in [1.29, 1.82) is 0 Å². The van der Waals surface area contributed by atoms with E-state index in [9.17, 15) is 4.79 Å². The van der Waals surface area contributed by atoms with Crippen LogP contribution in [-0.4, -0.2) is 48.6 Å². The van der Waals surface area contributed by atoms with Gasteiger partial charge >= 0.3 is 6.03 Å². The number of fused-ring (bicyclic) bond motifs is 1. The number of hydrogen-bond acceptors (Lipinski definition) is 2. The van der Waals surface area contributed by atoms with Gasteiger partial charge in [-0.25, -0.2) is 4.79 Å². The van der Waals surface area contributed by atoms with Crippen LogP contribution < -0.4 is 5.32 Å². The molecule has 4 nitrogen and oxygen atoms in total. The van der Waals surface area contributed by atoms with Crippen LogP contribution in [0.5, 0.6) is 0 Å². The lowest BCUT2D eigenvalue weighted by molar-refractivity contribution is 0.157. The molecule has 1 aliphatic heterocycles. The first-order valence-electron chi connectivity index (χ1n) is 9.88. The van der Waals surface area contributed by atoms with Gasteiger partial charge in [0.2, 0.25) is 0 Å². The van der Waals surface area contributed by atoms with Crippen molar-refractivity contribution >= 4 is 6.03 Å². The molecule has 2 amide bonds. The van der Waals surface area contributed by atoms with Gasteiger partial charge in [-0.1, -0.05) is 38.1 Å². The van der Waals surface area contributed by atoms with Crippen molar-refractivity contribution in [3.05, 3.63) is 35.4 Å². The Kier molecular flexibility index (Phi) is 6.00. The molecule has 0 spiro atoms. The van der Waals surface area contributed by atoms with Crippen molar-refractivity contribution < 1.29 is 4.79 Å². The predicted molar refractivity (Wildman–Crippen MR) is 103 cm³/mol. The molecule has 1 aliphatic carbocycles. The number of piperidine rings is 1. The molecule has 25 heavy (non-hydrogen) atoms. The van der Waals surface area contributed by atoms with Crippen molar-refractivity contribution in [1.82, 2.24) is 15.1 Å². The molecular weight excluding hydrogens is 310 g/mol. The summed E-state index contributed by atoms with van der Waals surface area (Å²) in [5, 5.41) is 3.28. The first kappa shape index (κ1) is 18.2. The van der Waals surface area contributed by atoms with Crippen LogP contribution in [0, 0.1) is 5.92 Å². The van der Waals surface area contributed by atoms with E-state index in [1.54, 1.807) is 0 Å². The third-order valence-corrected chi connectivity index (χ3v) is 5.66. The van der Waals surface area contributed by atoms with Crippen molar-refractivity contribution in [3.63, 3.8) is 0 Å². The molecule has 1 atom stereocenters. The predicted octanol–water partition coefficient (Wildman–Crippen LogP) is 3.83. The van der Waals surface area contributed by atoms with E-state index < -0.39 is 0 Å². The number of nitrogens with one attached hydrogen (secondary N) is 1. The Morgan fingerprint density at radius 3 is 2.68 bits per heavy atom. The highest BCUT2D eigenvalue weighted by molar-refractivity contribution is 5.75. The number of urea groups is 1. The van der Waals surface area contributed by atoms with Gasteiger partial charge in [-0.2, -0.15) is 0 Å². The van der Waals surface area contributed by atoms with Crippen LogP contribution in [0.1, 0.15) is 56.7 Å². The number of rotatable bonds is 4. The highest BCUT2D eigenvalue weighted by Crippen LogP contribution is 2.33. The fraction of sp³-hybridized carbons (Fsp3) is 0.667. The average molecular weight is 344 g/mol. The summed E-state index contributed by atoms with van der Waals surface area (Å²) in [4.78, 5) is 17.2. The summed E-state index contributed by atoms with van der Waals surface area (Å²) in [7, 11) is 1.95. The minimum absolute atomic E-state index is 0.0870. The molecule has 1 fully saturated rings. The van der Waals surface area contributed by atoms with Crippen LogP contribution in [0.15, 0.2) is 24.3 Å². The Hall–Kier alpha value is -1.55. The van der Waals surface area contributed by atoms with Crippen LogP contribution in [0.2, 0.25) is 0 Å². The second-order valence-corrected chi connectivity index (χ2v) is 8.14. The average Bonchev–Trinajstić information content (AvgIpc) is 2.62. The van der Waals surface area contributed by atoms with Crippen molar-refractivity contribution in [2.45, 2.75) is 58.0 Å². The van der Waals surface area contributed by atoms with Crippen LogP contribution in [0.3, 0.4) is 0 Å². The number of nitrogens with zero attached hydrogens (tertiary/aromatic N) is 2. The second-order valence-electron chi connectivity index (χ2n) is 8.14. The first-order valence-corrected chi connectivity index (χ1v) is 9.88. The number of carbonyl (C=O) groups is 1. The zero-order chi connectivity index (χ0) is 17.8. The summed E-state index contributed by atoms with van der Waals surface area (Å²) in [6, 6.07) is 9.21. The molecule has 0 saturated carbocycles. The Morgan fingerprint density at radius 1 is 1.24 bits per heavy atom. The fourth-order valence-corrected chi connectivity index (χ4v) is 4.32. The zero-order valence-corrected chi connectivity index (χ0v) is 16.0. The lowest BCUT2D eigenvalue weighted by atomic mass is 9.87. The van der Waals surface area contributed by atoms with E-state index in [1.165, 1.54) is 17.7 Å². The molecule has 1 heterocycles. The van der Waals surface area contributed by atoms with Gasteiger partial charge in [0.15, 0.2) is 0 Å². The smallest absolute Gasteiger partial charge is 0.317 e. The van der Waals surface area contributed by atoms with Crippen LogP contribution >= 0.6 is 0 Å². The van der Waals surface area contributed by atoms with E-state index in [1.807, 2.05) is 11.9 Å². The largest absolute Gasteiger partial charge is 0.335 e. The molecule has 1 N–H and O–H groups in total. The lowest BCUT2D eigenvalue weighted by Gasteiger charge is -2.37. The third kappa shape index (κ3) is 4.55. The number of carbonyl (C=O) groups excluding carboxylic acids is 1. The normalized spacial score (nSPS) is 21.8. The van der Waals surface area contributed by atoms with Crippen LogP contribution in [-0.2, 0) is 6.42 Å². The molecule has 0 aromatic heterocycles. The second kappa shape index (κ2) is 8.22. The molecule has 4 heteroatoms. The summed E-state index contributed by atoms with van der Waals surface area (Å²) in [5.74, 6) is 0.712. The number of amides is 2. The molecule has 1 unspecified atom stereocenters. The number of likely N-dealkylation sites (tertiary alicyclic amines) is 1. The monoisotopic (exact) mass is 343 g/mol.